The van der Waals surface area contributed by atoms with E-state index in [0.717, 1.165) is 16.7 Å². The van der Waals surface area contributed by atoms with Gasteiger partial charge in [-0.3, -0.25) is 9.78 Å². The van der Waals surface area contributed by atoms with Crippen LogP contribution >= 0.6 is 24.0 Å². The SMILES string of the molecule is Cl.NC[C@@H](CC(=O)O)c1ccc(Cl)c(-c2cccnc2)c1. The molecule has 0 unspecified atom stereocenters. The first-order chi connectivity index (χ1) is 9.61. The summed E-state index contributed by atoms with van der Waals surface area (Å²) in [6.45, 7) is 0.278. The summed E-state index contributed by atoms with van der Waals surface area (Å²) in [5.74, 6) is -1.08. The monoisotopic (exact) mass is 326 g/mol. The number of carbonyl (C=O) groups is 1. The quantitative estimate of drug-likeness (QED) is 0.883. The number of aliphatic carboxylic acids is 1. The van der Waals surface area contributed by atoms with Crippen LogP contribution in [0.15, 0.2) is 42.7 Å². The van der Waals surface area contributed by atoms with Crippen molar-refractivity contribution in [2.24, 2.45) is 5.73 Å². The Morgan fingerprint density at radius 3 is 2.71 bits per heavy atom. The number of nitrogens with zero attached hydrogens (tertiary/aromatic N) is 1. The Hall–Kier alpha value is -1.62. The summed E-state index contributed by atoms with van der Waals surface area (Å²) in [5, 5.41) is 9.53. The molecule has 0 bridgehead atoms. The number of aromatic nitrogens is 1. The second-order valence-corrected chi connectivity index (χ2v) is 4.92. The molecule has 4 nitrogen and oxygen atoms in total. The van der Waals surface area contributed by atoms with Gasteiger partial charge in [0.1, 0.15) is 0 Å². The molecule has 3 N–H and O–H groups in total. The lowest BCUT2D eigenvalue weighted by molar-refractivity contribution is -0.137. The summed E-state index contributed by atoms with van der Waals surface area (Å²) < 4.78 is 0. The minimum atomic E-state index is -0.863. The van der Waals surface area contributed by atoms with Crippen molar-refractivity contribution < 1.29 is 9.90 Å². The molecule has 0 amide bonds. The highest BCUT2D eigenvalue weighted by Crippen LogP contribution is 2.31. The van der Waals surface area contributed by atoms with Crippen molar-refractivity contribution in [3.63, 3.8) is 0 Å². The third kappa shape index (κ3) is 4.43. The van der Waals surface area contributed by atoms with Crippen molar-refractivity contribution >= 4 is 30.0 Å². The van der Waals surface area contributed by atoms with Crippen LogP contribution in [-0.2, 0) is 4.79 Å². The Labute approximate surface area is 134 Å². The van der Waals surface area contributed by atoms with Crippen molar-refractivity contribution in [1.82, 2.24) is 4.98 Å². The molecule has 21 heavy (non-hydrogen) atoms. The molecule has 0 aliphatic heterocycles. The van der Waals surface area contributed by atoms with Crippen LogP contribution in [0.1, 0.15) is 17.9 Å². The Morgan fingerprint density at radius 2 is 2.14 bits per heavy atom. The molecule has 2 aromatic rings. The fourth-order valence-electron chi connectivity index (χ4n) is 2.09. The van der Waals surface area contributed by atoms with E-state index in [1.807, 2.05) is 24.3 Å². The summed E-state index contributed by atoms with van der Waals surface area (Å²) in [4.78, 5) is 14.9. The predicted molar refractivity (Wildman–Crippen MR) is 86.0 cm³/mol. The van der Waals surface area contributed by atoms with Gasteiger partial charge >= 0.3 is 5.97 Å². The Bertz CT molecular complexity index is 606. The van der Waals surface area contributed by atoms with E-state index in [-0.39, 0.29) is 31.3 Å². The predicted octanol–water partition coefficient (Wildman–Crippen LogP) is 3.34. The number of benzene rings is 1. The molecule has 112 valence electrons. The van der Waals surface area contributed by atoms with E-state index < -0.39 is 5.97 Å². The molecule has 6 heteroatoms. The van der Waals surface area contributed by atoms with Gasteiger partial charge in [0.05, 0.1) is 6.42 Å². The first kappa shape index (κ1) is 17.4. The first-order valence-corrected chi connectivity index (χ1v) is 6.61. The van der Waals surface area contributed by atoms with Gasteiger partial charge in [-0.05, 0) is 30.3 Å². The van der Waals surface area contributed by atoms with E-state index in [4.69, 9.17) is 22.4 Å². The summed E-state index contributed by atoms with van der Waals surface area (Å²) in [6, 6.07) is 9.22. The number of halogens is 2. The second kappa shape index (κ2) is 7.98. The Kier molecular flexibility index (Phi) is 6.62. The van der Waals surface area contributed by atoms with Gasteiger partial charge in [-0.2, -0.15) is 0 Å². The highest BCUT2D eigenvalue weighted by Gasteiger charge is 2.15. The summed E-state index contributed by atoms with van der Waals surface area (Å²) in [6.07, 6.45) is 3.42. The number of hydrogen-bond acceptors (Lipinski definition) is 3. The Morgan fingerprint density at radius 1 is 1.38 bits per heavy atom. The van der Waals surface area contributed by atoms with Crippen LogP contribution in [0.5, 0.6) is 0 Å². The van der Waals surface area contributed by atoms with Crippen molar-refractivity contribution in [3.8, 4) is 11.1 Å². The van der Waals surface area contributed by atoms with E-state index >= 15 is 0 Å². The topological polar surface area (TPSA) is 76.2 Å². The Balaban J connectivity index is 0.00000220. The zero-order chi connectivity index (χ0) is 14.5. The molecule has 1 aromatic heterocycles. The van der Waals surface area contributed by atoms with Crippen molar-refractivity contribution in [1.29, 1.82) is 0 Å². The summed E-state index contributed by atoms with van der Waals surface area (Å²) >= 11 is 6.21. The van der Waals surface area contributed by atoms with Crippen LogP contribution in [0, 0.1) is 0 Å². The van der Waals surface area contributed by atoms with Crippen LogP contribution in [0.25, 0.3) is 11.1 Å². The van der Waals surface area contributed by atoms with Gasteiger partial charge in [-0.1, -0.05) is 23.7 Å². The van der Waals surface area contributed by atoms with E-state index in [1.165, 1.54) is 0 Å². The largest absolute Gasteiger partial charge is 0.481 e. The fraction of sp³-hybridized carbons (Fsp3) is 0.200. The minimum absolute atomic E-state index is 0. The highest BCUT2D eigenvalue weighted by atomic mass is 35.5. The lowest BCUT2D eigenvalue weighted by atomic mass is 9.93. The van der Waals surface area contributed by atoms with Crippen LogP contribution in [-0.4, -0.2) is 22.6 Å². The van der Waals surface area contributed by atoms with Crippen LogP contribution < -0.4 is 5.73 Å². The lowest BCUT2D eigenvalue weighted by Crippen LogP contribution is -2.16. The zero-order valence-corrected chi connectivity index (χ0v) is 12.8. The number of pyridine rings is 1. The number of carboxylic acids is 1. The van der Waals surface area contributed by atoms with Gasteiger partial charge in [0.2, 0.25) is 0 Å². The van der Waals surface area contributed by atoms with E-state index in [2.05, 4.69) is 4.98 Å². The second-order valence-electron chi connectivity index (χ2n) is 4.51. The molecular formula is C15H16Cl2N2O2. The van der Waals surface area contributed by atoms with Crippen LogP contribution in [0.4, 0.5) is 0 Å². The average molecular weight is 327 g/mol. The van der Waals surface area contributed by atoms with Gasteiger partial charge in [-0.15, -0.1) is 12.4 Å². The number of nitrogens with two attached hydrogens (primary N) is 1. The van der Waals surface area contributed by atoms with E-state index in [1.54, 1.807) is 18.5 Å². The maximum Gasteiger partial charge on any atom is 0.304 e. The fourth-order valence-corrected chi connectivity index (χ4v) is 2.31. The molecule has 0 fully saturated rings. The van der Waals surface area contributed by atoms with Crippen LogP contribution in [0.2, 0.25) is 5.02 Å². The molecule has 0 spiro atoms. The number of rotatable bonds is 5. The van der Waals surface area contributed by atoms with Crippen molar-refractivity contribution in [3.05, 3.63) is 53.3 Å². The smallest absolute Gasteiger partial charge is 0.304 e. The van der Waals surface area contributed by atoms with Gasteiger partial charge in [0.25, 0.3) is 0 Å². The number of carboxylic acid groups (broad SMARTS) is 1. The molecule has 0 saturated heterocycles. The van der Waals surface area contributed by atoms with Crippen LogP contribution in [0.3, 0.4) is 0 Å². The normalized spacial score (nSPS) is 11.5. The maximum atomic E-state index is 10.9. The van der Waals surface area contributed by atoms with Gasteiger partial charge < -0.3 is 10.8 Å². The van der Waals surface area contributed by atoms with E-state index in [9.17, 15) is 4.79 Å². The molecule has 0 aliphatic carbocycles. The standard InChI is InChI=1S/C15H15ClN2O2.ClH/c16-14-4-3-10(12(8-17)7-15(19)20)6-13(14)11-2-1-5-18-9-11;/h1-6,9,12H,7-8,17H2,(H,19,20);1H/t12-;/m1./s1. The molecule has 0 saturated carbocycles. The molecule has 0 aliphatic rings. The molecule has 2 rings (SSSR count). The summed E-state index contributed by atoms with van der Waals surface area (Å²) in [7, 11) is 0. The maximum absolute atomic E-state index is 10.9. The average Bonchev–Trinajstić information content (AvgIpc) is 2.46. The molecular weight excluding hydrogens is 311 g/mol. The summed E-state index contributed by atoms with van der Waals surface area (Å²) in [5.41, 5.74) is 8.27. The van der Waals surface area contributed by atoms with Gasteiger partial charge in [0, 0.05) is 34.5 Å². The first-order valence-electron chi connectivity index (χ1n) is 6.23. The minimum Gasteiger partial charge on any atom is -0.481 e. The lowest BCUT2D eigenvalue weighted by Gasteiger charge is -2.15. The third-order valence-corrected chi connectivity index (χ3v) is 3.47. The zero-order valence-electron chi connectivity index (χ0n) is 11.2. The van der Waals surface area contributed by atoms with E-state index in [0.29, 0.717) is 5.02 Å². The van der Waals surface area contributed by atoms with Gasteiger partial charge in [-0.25, -0.2) is 0 Å². The van der Waals surface area contributed by atoms with Crippen molar-refractivity contribution in [2.45, 2.75) is 12.3 Å². The molecule has 0 radical (unpaired) electrons. The van der Waals surface area contributed by atoms with Gasteiger partial charge in [0.15, 0.2) is 0 Å². The molecule has 1 aromatic carbocycles. The number of hydrogen-bond donors (Lipinski definition) is 2. The molecule has 1 atom stereocenters. The van der Waals surface area contributed by atoms with Crippen molar-refractivity contribution in [2.75, 3.05) is 6.54 Å². The highest BCUT2D eigenvalue weighted by molar-refractivity contribution is 6.33. The third-order valence-electron chi connectivity index (χ3n) is 3.14. The molecule has 1 heterocycles.